The maximum absolute atomic E-state index is 11.6. The van der Waals surface area contributed by atoms with Gasteiger partial charge in [0.05, 0.1) is 27.8 Å². The van der Waals surface area contributed by atoms with E-state index in [-0.39, 0.29) is 12.0 Å². The zero-order valence-corrected chi connectivity index (χ0v) is 9.98. The molecule has 0 aliphatic heterocycles. The quantitative estimate of drug-likeness (QED) is 0.737. The van der Waals surface area contributed by atoms with Crippen molar-refractivity contribution < 1.29 is 23.8 Å². The maximum Gasteiger partial charge on any atom is 0.341 e. The van der Waals surface area contributed by atoms with Crippen molar-refractivity contribution in [2.75, 3.05) is 21.3 Å². The van der Waals surface area contributed by atoms with Crippen molar-refractivity contribution in [3.63, 3.8) is 0 Å². The fourth-order valence-electron chi connectivity index (χ4n) is 1.46. The third-order valence-electron chi connectivity index (χ3n) is 2.28. The first kappa shape index (κ1) is 13.0. The highest BCUT2D eigenvalue weighted by Crippen LogP contribution is 2.23. The van der Waals surface area contributed by atoms with Crippen LogP contribution < -0.4 is 4.74 Å². The minimum Gasteiger partial charge on any atom is -0.496 e. The van der Waals surface area contributed by atoms with E-state index in [9.17, 15) is 9.59 Å². The molecule has 0 bridgehead atoms. The van der Waals surface area contributed by atoms with Gasteiger partial charge < -0.3 is 14.2 Å². The summed E-state index contributed by atoms with van der Waals surface area (Å²) in [5, 5.41) is 0. The smallest absolute Gasteiger partial charge is 0.341 e. The average Bonchev–Trinajstić information content (AvgIpc) is 2.37. The maximum atomic E-state index is 11.6. The van der Waals surface area contributed by atoms with Gasteiger partial charge in [0.2, 0.25) is 0 Å². The van der Waals surface area contributed by atoms with Crippen molar-refractivity contribution in [3.05, 3.63) is 29.3 Å². The van der Waals surface area contributed by atoms with Crippen molar-refractivity contribution in [3.8, 4) is 5.75 Å². The minimum absolute atomic E-state index is 0.00185. The molecule has 0 amide bonds. The normalized spacial score (nSPS) is 9.59. The summed E-state index contributed by atoms with van der Waals surface area (Å²) in [6.07, 6.45) is -0.00185. The van der Waals surface area contributed by atoms with Crippen LogP contribution in [0.25, 0.3) is 0 Å². The van der Waals surface area contributed by atoms with E-state index in [1.165, 1.54) is 21.3 Å². The number of ether oxygens (including phenoxy) is 3. The highest BCUT2D eigenvalue weighted by molar-refractivity contribution is 5.95. The Kier molecular flexibility index (Phi) is 4.51. The Bertz CT molecular complexity index is 425. The van der Waals surface area contributed by atoms with E-state index in [0.717, 1.165) is 0 Å². The molecule has 0 radical (unpaired) electrons. The molecule has 0 atom stereocenters. The van der Waals surface area contributed by atoms with Crippen LogP contribution in [-0.2, 0) is 20.7 Å². The van der Waals surface area contributed by atoms with Crippen LogP contribution >= 0.6 is 0 Å². The van der Waals surface area contributed by atoms with Crippen LogP contribution in [0.2, 0.25) is 0 Å². The molecule has 0 aliphatic rings. The number of hydrogen-bond acceptors (Lipinski definition) is 5. The zero-order chi connectivity index (χ0) is 12.8. The van der Waals surface area contributed by atoms with Gasteiger partial charge in [0.25, 0.3) is 0 Å². The van der Waals surface area contributed by atoms with E-state index in [4.69, 9.17) is 4.74 Å². The fourth-order valence-corrected chi connectivity index (χ4v) is 1.46. The first-order chi connectivity index (χ1) is 8.13. The van der Waals surface area contributed by atoms with Crippen LogP contribution in [-0.4, -0.2) is 33.3 Å². The number of carbonyl (C=O) groups excluding carboxylic acids is 2. The number of carbonyl (C=O) groups is 2. The monoisotopic (exact) mass is 238 g/mol. The van der Waals surface area contributed by atoms with Crippen molar-refractivity contribution in [1.29, 1.82) is 0 Å². The molecule has 17 heavy (non-hydrogen) atoms. The molecule has 1 aromatic rings. The molecule has 0 saturated heterocycles. The molecule has 0 heterocycles. The third kappa shape index (κ3) is 2.96. The molecule has 0 N–H and O–H groups in total. The summed E-state index contributed by atoms with van der Waals surface area (Å²) in [5.41, 5.74) is 0.769. The number of esters is 2. The van der Waals surface area contributed by atoms with Gasteiger partial charge in [-0.1, -0.05) is 12.1 Å². The molecule has 0 unspecified atom stereocenters. The van der Waals surface area contributed by atoms with Crippen LogP contribution in [0.1, 0.15) is 15.9 Å². The number of rotatable bonds is 4. The van der Waals surface area contributed by atoms with Crippen LogP contribution in [0.15, 0.2) is 18.2 Å². The van der Waals surface area contributed by atoms with Gasteiger partial charge in [-0.25, -0.2) is 4.79 Å². The topological polar surface area (TPSA) is 61.8 Å². The second kappa shape index (κ2) is 5.89. The van der Waals surface area contributed by atoms with E-state index in [2.05, 4.69) is 9.47 Å². The van der Waals surface area contributed by atoms with E-state index in [1.54, 1.807) is 18.2 Å². The summed E-state index contributed by atoms with van der Waals surface area (Å²) in [5.74, 6) is -0.594. The van der Waals surface area contributed by atoms with Crippen molar-refractivity contribution >= 4 is 11.9 Å². The van der Waals surface area contributed by atoms with Gasteiger partial charge >= 0.3 is 11.9 Å². The molecule has 92 valence electrons. The molecule has 0 saturated carbocycles. The van der Waals surface area contributed by atoms with E-state index >= 15 is 0 Å². The number of hydrogen-bond donors (Lipinski definition) is 0. The van der Waals surface area contributed by atoms with Crippen molar-refractivity contribution in [2.24, 2.45) is 0 Å². The summed E-state index contributed by atoms with van der Waals surface area (Å²) < 4.78 is 14.3. The molecule has 0 aliphatic carbocycles. The summed E-state index contributed by atoms with van der Waals surface area (Å²) in [6.45, 7) is 0. The van der Waals surface area contributed by atoms with Gasteiger partial charge in [0.1, 0.15) is 11.3 Å². The Morgan fingerprint density at radius 2 is 1.82 bits per heavy atom. The Labute approximate surface area is 99.3 Å². The van der Waals surface area contributed by atoms with E-state index in [1.807, 2.05) is 0 Å². The highest BCUT2D eigenvalue weighted by atomic mass is 16.5. The molecule has 5 nitrogen and oxygen atoms in total. The lowest BCUT2D eigenvalue weighted by atomic mass is 10.0. The first-order valence-corrected chi connectivity index (χ1v) is 4.95. The van der Waals surface area contributed by atoms with Gasteiger partial charge in [-0.05, 0) is 11.6 Å². The molecule has 0 spiro atoms. The Balaban J connectivity index is 3.19. The van der Waals surface area contributed by atoms with Crippen molar-refractivity contribution in [1.82, 2.24) is 0 Å². The van der Waals surface area contributed by atoms with Crippen molar-refractivity contribution in [2.45, 2.75) is 6.42 Å². The summed E-state index contributed by atoms with van der Waals surface area (Å²) in [6, 6.07) is 4.99. The fraction of sp³-hybridized carbons (Fsp3) is 0.333. The second-order valence-corrected chi connectivity index (χ2v) is 3.24. The average molecular weight is 238 g/mol. The van der Waals surface area contributed by atoms with Gasteiger partial charge in [-0.15, -0.1) is 0 Å². The van der Waals surface area contributed by atoms with Gasteiger partial charge in [-0.2, -0.15) is 0 Å². The summed E-state index contributed by atoms with van der Waals surface area (Å²) in [7, 11) is 4.01. The third-order valence-corrected chi connectivity index (χ3v) is 2.28. The van der Waals surface area contributed by atoms with Crippen LogP contribution in [0, 0.1) is 0 Å². The minimum atomic E-state index is -0.540. The molecule has 1 rings (SSSR count). The van der Waals surface area contributed by atoms with E-state index < -0.39 is 11.9 Å². The Morgan fingerprint density at radius 3 is 2.35 bits per heavy atom. The van der Waals surface area contributed by atoms with Gasteiger partial charge in [0.15, 0.2) is 0 Å². The standard InChI is InChI=1S/C12H14O5/c1-15-9-6-4-5-8(7-10(13)16-2)11(9)12(14)17-3/h4-6H,7H2,1-3H3. The Hall–Kier alpha value is -2.04. The molecular weight excluding hydrogens is 224 g/mol. The SMILES string of the molecule is COC(=O)Cc1cccc(OC)c1C(=O)OC. The predicted octanol–water partition coefficient (Wildman–Crippen LogP) is 1.20. The van der Waals surface area contributed by atoms with Gasteiger partial charge in [0, 0.05) is 0 Å². The second-order valence-electron chi connectivity index (χ2n) is 3.24. The molecule has 5 heteroatoms. The Morgan fingerprint density at radius 1 is 1.12 bits per heavy atom. The lowest BCUT2D eigenvalue weighted by molar-refractivity contribution is -0.139. The predicted molar refractivity (Wildman–Crippen MR) is 60.1 cm³/mol. The van der Waals surface area contributed by atoms with Crippen LogP contribution in [0.4, 0.5) is 0 Å². The molecule has 1 aromatic carbocycles. The first-order valence-electron chi connectivity index (χ1n) is 4.95. The number of benzene rings is 1. The lowest BCUT2D eigenvalue weighted by Crippen LogP contribution is -2.12. The molecular formula is C12H14O5. The lowest BCUT2D eigenvalue weighted by Gasteiger charge is -2.11. The van der Waals surface area contributed by atoms with E-state index in [0.29, 0.717) is 11.3 Å². The summed E-state index contributed by atoms with van der Waals surface area (Å²) >= 11 is 0. The van der Waals surface area contributed by atoms with Gasteiger partial charge in [-0.3, -0.25) is 4.79 Å². The van der Waals surface area contributed by atoms with Crippen LogP contribution in [0.3, 0.4) is 0 Å². The molecule has 0 aromatic heterocycles. The number of methoxy groups -OCH3 is 3. The zero-order valence-electron chi connectivity index (χ0n) is 9.98. The molecule has 0 fully saturated rings. The highest BCUT2D eigenvalue weighted by Gasteiger charge is 2.19. The summed E-state index contributed by atoms with van der Waals surface area (Å²) in [4.78, 5) is 22.9. The largest absolute Gasteiger partial charge is 0.496 e. The van der Waals surface area contributed by atoms with Crippen LogP contribution in [0.5, 0.6) is 5.75 Å².